The SMILES string of the molecule is Cc1nn(C)c(C(=O)Nc2ncn(Cc3ccccc3F)n2)c1Br. The average Bonchev–Trinajstić information content (AvgIpc) is 3.06. The normalized spacial score (nSPS) is 10.8. The quantitative estimate of drug-likeness (QED) is 0.739. The van der Waals surface area contributed by atoms with E-state index in [1.807, 2.05) is 0 Å². The van der Waals surface area contributed by atoms with E-state index >= 15 is 0 Å². The summed E-state index contributed by atoms with van der Waals surface area (Å²) in [4.78, 5) is 16.4. The summed E-state index contributed by atoms with van der Waals surface area (Å²) < 4.78 is 17.2. The first-order valence-corrected chi connectivity index (χ1v) is 7.88. The topological polar surface area (TPSA) is 77.6 Å². The molecule has 0 atom stereocenters. The molecule has 1 N–H and O–H groups in total. The fourth-order valence-electron chi connectivity index (χ4n) is 2.27. The number of aromatic nitrogens is 5. The van der Waals surface area contributed by atoms with Gasteiger partial charge in [0.1, 0.15) is 17.8 Å². The number of hydrogen-bond donors (Lipinski definition) is 1. The number of aryl methyl sites for hydroxylation is 2. The maximum atomic E-state index is 13.7. The molecule has 0 fully saturated rings. The zero-order valence-electron chi connectivity index (χ0n) is 13.0. The summed E-state index contributed by atoms with van der Waals surface area (Å²) in [6.45, 7) is 2.02. The van der Waals surface area contributed by atoms with Gasteiger partial charge in [0.05, 0.1) is 16.7 Å². The Bertz CT molecular complexity index is 903. The molecule has 0 saturated heterocycles. The van der Waals surface area contributed by atoms with Gasteiger partial charge in [-0.15, -0.1) is 5.10 Å². The first-order valence-electron chi connectivity index (χ1n) is 7.09. The summed E-state index contributed by atoms with van der Waals surface area (Å²) in [5.41, 5.74) is 1.57. The Morgan fingerprint density at radius 2 is 2.08 bits per heavy atom. The third kappa shape index (κ3) is 3.21. The number of nitrogens with one attached hydrogen (secondary N) is 1. The van der Waals surface area contributed by atoms with Crippen molar-refractivity contribution in [3.8, 4) is 0 Å². The second kappa shape index (κ2) is 6.52. The molecule has 0 bridgehead atoms. The van der Waals surface area contributed by atoms with Gasteiger partial charge < -0.3 is 0 Å². The molecule has 0 unspecified atom stereocenters. The summed E-state index contributed by atoms with van der Waals surface area (Å²) in [6, 6.07) is 6.43. The monoisotopic (exact) mass is 392 g/mol. The standard InChI is InChI=1S/C15H14BrFN6O/c1-9-12(16)13(22(2)20-9)14(24)19-15-18-8-23(21-15)7-10-5-3-4-6-11(10)17/h3-6,8H,7H2,1-2H3,(H,19,21,24). The lowest BCUT2D eigenvalue weighted by molar-refractivity contribution is 0.101. The van der Waals surface area contributed by atoms with Crippen LogP contribution in [-0.4, -0.2) is 30.5 Å². The van der Waals surface area contributed by atoms with Gasteiger partial charge in [-0.2, -0.15) is 5.10 Å². The van der Waals surface area contributed by atoms with Crippen LogP contribution in [0.2, 0.25) is 0 Å². The minimum atomic E-state index is -0.381. The molecule has 3 aromatic rings. The van der Waals surface area contributed by atoms with Gasteiger partial charge in [0.15, 0.2) is 0 Å². The highest BCUT2D eigenvalue weighted by Crippen LogP contribution is 2.20. The molecule has 0 saturated carbocycles. The molecule has 3 rings (SSSR count). The lowest BCUT2D eigenvalue weighted by Gasteiger charge is -2.03. The van der Waals surface area contributed by atoms with Crippen LogP contribution in [0.5, 0.6) is 0 Å². The predicted molar refractivity (Wildman–Crippen MR) is 89.1 cm³/mol. The minimum Gasteiger partial charge on any atom is -0.288 e. The highest BCUT2D eigenvalue weighted by atomic mass is 79.9. The van der Waals surface area contributed by atoms with Crippen LogP contribution in [0, 0.1) is 12.7 Å². The van der Waals surface area contributed by atoms with Crippen LogP contribution in [0.1, 0.15) is 21.7 Å². The number of rotatable bonds is 4. The Hall–Kier alpha value is -2.55. The first-order chi connectivity index (χ1) is 11.5. The number of carbonyl (C=O) groups is 1. The van der Waals surface area contributed by atoms with Gasteiger partial charge in [-0.25, -0.2) is 14.1 Å². The second-order valence-corrected chi connectivity index (χ2v) is 5.98. The number of anilines is 1. The van der Waals surface area contributed by atoms with E-state index in [1.54, 1.807) is 32.2 Å². The van der Waals surface area contributed by atoms with E-state index in [4.69, 9.17) is 0 Å². The zero-order chi connectivity index (χ0) is 17.3. The molecule has 24 heavy (non-hydrogen) atoms. The Kier molecular flexibility index (Phi) is 4.43. The molecule has 7 nitrogen and oxygen atoms in total. The van der Waals surface area contributed by atoms with Gasteiger partial charge in [-0.3, -0.25) is 14.8 Å². The van der Waals surface area contributed by atoms with E-state index in [2.05, 4.69) is 36.4 Å². The predicted octanol–water partition coefficient (Wildman–Crippen LogP) is 2.52. The van der Waals surface area contributed by atoms with Gasteiger partial charge in [0.25, 0.3) is 5.91 Å². The molecule has 9 heteroatoms. The molecule has 0 aliphatic rings. The molecular weight excluding hydrogens is 379 g/mol. The summed E-state index contributed by atoms with van der Waals surface area (Å²) in [6.07, 6.45) is 1.44. The minimum absolute atomic E-state index is 0.141. The zero-order valence-corrected chi connectivity index (χ0v) is 14.6. The molecule has 1 aromatic carbocycles. The molecule has 2 aromatic heterocycles. The summed E-state index contributed by atoms with van der Waals surface area (Å²) >= 11 is 3.34. The number of amides is 1. The van der Waals surface area contributed by atoms with Crippen molar-refractivity contribution >= 4 is 27.8 Å². The molecule has 2 heterocycles. The lowest BCUT2D eigenvalue weighted by atomic mass is 10.2. The summed E-state index contributed by atoms with van der Waals surface area (Å²) in [7, 11) is 1.68. The smallest absolute Gasteiger partial charge is 0.277 e. The second-order valence-electron chi connectivity index (χ2n) is 5.18. The van der Waals surface area contributed by atoms with Crippen LogP contribution >= 0.6 is 15.9 Å². The molecule has 0 aliphatic carbocycles. The van der Waals surface area contributed by atoms with Crippen molar-refractivity contribution in [2.75, 3.05) is 5.32 Å². The van der Waals surface area contributed by atoms with Crippen LogP contribution < -0.4 is 5.32 Å². The molecular formula is C15H14BrFN6O. The number of benzene rings is 1. The van der Waals surface area contributed by atoms with E-state index in [1.165, 1.54) is 21.8 Å². The Morgan fingerprint density at radius 3 is 2.75 bits per heavy atom. The fourth-order valence-corrected chi connectivity index (χ4v) is 2.78. The largest absolute Gasteiger partial charge is 0.288 e. The lowest BCUT2D eigenvalue weighted by Crippen LogP contribution is -2.17. The molecule has 124 valence electrons. The van der Waals surface area contributed by atoms with Gasteiger partial charge >= 0.3 is 0 Å². The van der Waals surface area contributed by atoms with Crippen molar-refractivity contribution in [1.82, 2.24) is 24.5 Å². The van der Waals surface area contributed by atoms with Crippen molar-refractivity contribution in [3.63, 3.8) is 0 Å². The third-order valence-corrected chi connectivity index (χ3v) is 4.37. The van der Waals surface area contributed by atoms with Crippen LogP contribution in [0.3, 0.4) is 0 Å². The van der Waals surface area contributed by atoms with Gasteiger partial charge in [-0.1, -0.05) is 18.2 Å². The third-order valence-electron chi connectivity index (χ3n) is 3.42. The van der Waals surface area contributed by atoms with Crippen LogP contribution in [-0.2, 0) is 13.6 Å². The number of halogens is 2. The van der Waals surface area contributed by atoms with Gasteiger partial charge in [-0.05, 0) is 28.9 Å². The van der Waals surface area contributed by atoms with Crippen molar-refractivity contribution in [3.05, 3.63) is 57.8 Å². The fraction of sp³-hybridized carbons (Fsp3) is 0.200. The van der Waals surface area contributed by atoms with E-state index in [0.29, 0.717) is 21.4 Å². The van der Waals surface area contributed by atoms with Crippen LogP contribution in [0.25, 0.3) is 0 Å². The Labute approximate surface area is 145 Å². The van der Waals surface area contributed by atoms with Crippen molar-refractivity contribution in [2.45, 2.75) is 13.5 Å². The molecule has 0 radical (unpaired) electrons. The van der Waals surface area contributed by atoms with Crippen LogP contribution in [0.4, 0.5) is 10.3 Å². The van der Waals surface area contributed by atoms with Gasteiger partial charge in [0.2, 0.25) is 5.95 Å². The highest BCUT2D eigenvalue weighted by molar-refractivity contribution is 9.10. The van der Waals surface area contributed by atoms with Crippen molar-refractivity contribution in [2.24, 2.45) is 7.05 Å². The average molecular weight is 393 g/mol. The van der Waals surface area contributed by atoms with E-state index in [0.717, 1.165) is 0 Å². The summed E-state index contributed by atoms with van der Waals surface area (Å²) in [5.74, 6) is -0.552. The summed E-state index contributed by atoms with van der Waals surface area (Å²) in [5, 5.41) is 10.9. The molecule has 0 spiro atoms. The van der Waals surface area contributed by atoms with Gasteiger partial charge in [0, 0.05) is 12.6 Å². The molecule has 1 amide bonds. The van der Waals surface area contributed by atoms with Crippen molar-refractivity contribution < 1.29 is 9.18 Å². The molecule has 0 aliphatic heterocycles. The number of hydrogen-bond acceptors (Lipinski definition) is 4. The van der Waals surface area contributed by atoms with E-state index in [9.17, 15) is 9.18 Å². The maximum Gasteiger partial charge on any atom is 0.277 e. The van der Waals surface area contributed by atoms with E-state index < -0.39 is 0 Å². The Morgan fingerprint density at radius 1 is 1.33 bits per heavy atom. The number of nitrogens with zero attached hydrogens (tertiary/aromatic N) is 5. The van der Waals surface area contributed by atoms with E-state index in [-0.39, 0.29) is 24.2 Å². The Balaban J connectivity index is 1.74. The van der Waals surface area contributed by atoms with Crippen molar-refractivity contribution in [1.29, 1.82) is 0 Å². The maximum absolute atomic E-state index is 13.7. The number of carbonyl (C=O) groups excluding carboxylic acids is 1. The highest BCUT2D eigenvalue weighted by Gasteiger charge is 2.19. The van der Waals surface area contributed by atoms with Crippen LogP contribution in [0.15, 0.2) is 35.1 Å². The first kappa shape index (κ1) is 16.3.